The van der Waals surface area contributed by atoms with E-state index < -0.39 is 0 Å². The molecule has 1 aliphatic heterocycles. The standard InChI is InChI=1S/C24H26N2O3/c27-24(25-17-22(23-9-6-16-28-23)26-14-4-5-15-26)20-10-12-21(13-11-20)29-18-19-7-2-1-3-8-19/h1-3,6-13,16,22H,4-5,14-15,17-18H2,(H,25,27)/p+1/t22-/m1/s1. The third-order valence-electron chi connectivity index (χ3n) is 5.46. The van der Waals surface area contributed by atoms with Gasteiger partial charge in [-0.25, -0.2) is 0 Å². The minimum atomic E-state index is -0.0743. The predicted octanol–water partition coefficient (Wildman–Crippen LogP) is 3.01. The lowest BCUT2D eigenvalue weighted by atomic mass is 10.1. The zero-order valence-corrected chi connectivity index (χ0v) is 16.5. The maximum absolute atomic E-state index is 12.6. The molecule has 4 rings (SSSR count). The van der Waals surface area contributed by atoms with Crippen molar-refractivity contribution in [2.24, 2.45) is 0 Å². The van der Waals surface area contributed by atoms with Gasteiger partial charge < -0.3 is 19.4 Å². The quantitative estimate of drug-likeness (QED) is 0.621. The van der Waals surface area contributed by atoms with Crippen LogP contribution in [0.3, 0.4) is 0 Å². The fourth-order valence-corrected chi connectivity index (χ4v) is 3.85. The second-order valence-corrected chi connectivity index (χ2v) is 7.44. The number of nitrogens with one attached hydrogen (secondary N) is 2. The normalized spacial score (nSPS) is 15.2. The van der Waals surface area contributed by atoms with Gasteiger partial charge in [-0.2, -0.15) is 0 Å². The first-order chi connectivity index (χ1) is 14.3. The lowest BCUT2D eigenvalue weighted by Gasteiger charge is -2.23. The van der Waals surface area contributed by atoms with E-state index in [2.05, 4.69) is 5.32 Å². The van der Waals surface area contributed by atoms with E-state index >= 15 is 0 Å². The first-order valence-corrected chi connectivity index (χ1v) is 10.2. The van der Waals surface area contributed by atoms with Crippen LogP contribution in [0.2, 0.25) is 0 Å². The van der Waals surface area contributed by atoms with Crippen molar-refractivity contribution in [1.82, 2.24) is 5.32 Å². The Hall–Kier alpha value is -3.05. The highest BCUT2D eigenvalue weighted by atomic mass is 16.5. The van der Waals surface area contributed by atoms with Crippen molar-refractivity contribution < 1.29 is 18.8 Å². The molecular formula is C24H27N2O3+. The average Bonchev–Trinajstić information content (AvgIpc) is 3.48. The molecular weight excluding hydrogens is 364 g/mol. The number of furan rings is 1. The second-order valence-electron chi connectivity index (χ2n) is 7.44. The van der Waals surface area contributed by atoms with E-state index in [0.717, 1.165) is 30.2 Å². The van der Waals surface area contributed by atoms with Crippen LogP contribution >= 0.6 is 0 Å². The number of carbonyl (C=O) groups excluding carboxylic acids is 1. The molecule has 2 heterocycles. The van der Waals surface area contributed by atoms with Crippen LogP contribution in [0.1, 0.15) is 40.6 Å². The van der Waals surface area contributed by atoms with E-state index in [1.165, 1.54) is 17.7 Å². The van der Waals surface area contributed by atoms with Crippen molar-refractivity contribution in [1.29, 1.82) is 0 Å². The number of quaternary nitrogens is 1. The predicted molar refractivity (Wildman–Crippen MR) is 111 cm³/mol. The Bertz CT molecular complexity index is 886. The molecule has 5 heteroatoms. The molecule has 0 radical (unpaired) electrons. The first kappa shape index (κ1) is 19.3. The summed E-state index contributed by atoms with van der Waals surface area (Å²) in [5, 5.41) is 3.08. The zero-order chi connectivity index (χ0) is 19.9. The smallest absolute Gasteiger partial charge is 0.251 e. The van der Waals surface area contributed by atoms with E-state index in [9.17, 15) is 4.79 Å². The molecule has 0 bridgehead atoms. The molecule has 150 valence electrons. The lowest BCUT2D eigenvalue weighted by Crippen LogP contribution is -3.11. The van der Waals surface area contributed by atoms with Crippen LogP contribution in [0.15, 0.2) is 77.4 Å². The topological polar surface area (TPSA) is 55.9 Å². The summed E-state index contributed by atoms with van der Waals surface area (Å²) in [6.07, 6.45) is 4.16. The van der Waals surface area contributed by atoms with Crippen molar-refractivity contribution in [3.05, 3.63) is 89.9 Å². The Kier molecular flexibility index (Phi) is 6.27. The van der Waals surface area contributed by atoms with Crippen LogP contribution in [-0.4, -0.2) is 25.5 Å². The van der Waals surface area contributed by atoms with Gasteiger partial charge in [0.15, 0.2) is 11.8 Å². The molecule has 1 amide bonds. The third kappa shape index (κ3) is 5.06. The molecule has 0 unspecified atom stereocenters. The molecule has 1 fully saturated rings. The van der Waals surface area contributed by atoms with Crippen molar-refractivity contribution in [2.45, 2.75) is 25.5 Å². The van der Waals surface area contributed by atoms with Crippen molar-refractivity contribution >= 4 is 5.91 Å². The highest BCUT2D eigenvalue weighted by molar-refractivity contribution is 5.94. The molecule has 29 heavy (non-hydrogen) atoms. The van der Waals surface area contributed by atoms with Gasteiger partial charge in [-0.1, -0.05) is 30.3 Å². The average molecular weight is 391 g/mol. The van der Waals surface area contributed by atoms with Crippen molar-refractivity contribution in [3.63, 3.8) is 0 Å². The minimum absolute atomic E-state index is 0.0743. The van der Waals surface area contributed by atoms with Gasteiger partial charge >= 0.3 is 0 Å². The molecule has 1 aromatic heterocycles. The fraction of sp³-hybridized carbons (Fsp3) is 0.292. The fourth-order valence-electron chi connectivity index (χ4n) is 3.85. The molecule has 0 saturated carbocycles. The largest absolute Gasteiger partial charge is 0.489 e. The summed E-state index contributed by atoms with van der Waals surface area (Å²) >= 11 is 0. The summed E-state index contributed by atoms with van der Waals surface area (Å²) in [6.45, 7) is 3.31. The van der Waals surface area contributed by atoms with E-state index in [-0.39, 0.29) is 11.9 Å². The molecule has 3 aromatic rings. The van der Waals surface area contributed by atoms with Crippen LogP contribution in [-0.2, 0) is 6.61 Å². The van der Waals surface area contributed by atoms with Gasteiger partial charge in [0.2, 0.25) is 0 Å². The lowest BCUT2D eigenvalue weighted by molar-refractivity contribution is -0.919. The van der Waals surface area contributed by atoms with Gasteiger partial charge in [0, 0.05) is 18.4 Å². The van der Waals surface area contributed by atoms with Gasteiger partial charge in [0.25, 0.3) is 5.91 Å². The Morgan fingerprint density at radius 3 is 2.45 bits per heavy atom. The number of ether oxygens (including phenoxy) is 1. The van der Waals surface area contributed by atoms with Crippen LogP contribution in [0.5, 0.6) is 5.75 Å². The van der Waals surface area contributed by atoms with Gasteiger partial charge in [0.05, 0.1) is 25.9 Å². The van der Waals surface area contributed by atoms with E-state index in [4.69, 9.17) is 9.15 Å². The van der Waals surface area contributed by atoms with Crippen LogP contribution in [0.25, 0.3) is 0 Å². The Morgan fingerprint density at radius 2 is 1.76 bits per heavy atom. The van der Waals surface area contributed by atoms with Gasteiger partial charge in [-0.15, -0.1) is 0 Å². The van der Waals surface area contributed by atoms with Gasteiger partial charge in [-0.3, -0.25) is 4.79 Å². The zero-order valence-electron chi connectivity index (χ0n) is 16.5. The number of likely N-dealkylation sites (tertiary alicyclic amines) is 1. The summed E-state index contributed by atoms with van der Waals surface area (Å²) < 4.78 is 11.4. The third-order valence-corrected chi connectivity index (χ3v) is 5.46. The summed E-state index contributed by atoms with van der Waals surface area (Å²) in [4.78, 5) is 14.1. The number of rotatable bonds is 8. The molecule has 1 atom stereocenters. The monoisotopic (exact) mass is 391 g/mol. The highest BCUT2D eigenvalue weighted by Gasteiger charge is 2.29. The Morgan fingerprint density at radius 1 is 1.00 bits per heavy atom. The van der Waals surface area contributed by atoms with Gasteiger partial charge in [0.1, 0.15) is 12.4 Å². The molecule has 2 N–H and O–H groups in total. The number of carbonyl (C=O) groups is 1. The summed E-state index contributed by atoms with van der Waals surface area (Å²) in [6, 6.07) is 21.4. The summed E-state index contributed by atoms with van der Waals surface area (Å²) in [7, 11) is 0. The maximum Gasteiger partial charge on any atom is 0.251 e. The van der Waals surface area contributed by atoms with E-state index in [1.807, 2.05) is 54.6 Å². The first-order valence-electron chi connectivity index (χ1n) is 10.2. The second kappa shape index (κ2) is 9.43. The number of hydrogen-bond donors (Lipinski definition) is 2. The highest BCUT2D eigenvalue weighted by Crippen LogP contribution is 2.15. The number of hydrogen-bond acceptors (Lipinski definition) is 3. The van der Waals surface area contributed by atoms with Crippen LogP contribution < -0.4 is 15.0 Å². The molecule has 0 aliphatic carbocycles. The molecule has 5 nitrogen and oxygen atoms in total. The maximum atomic E-state index is 12.6. The number of amides is 1. The molecule has 2 aromatic carbocycles. The van der Waals surface area contributed by atoms with Crippen LogP contribution in [0.4, 0.5) is 0 Å². The van der Waals surface area contributed by atoms with E-state index in [0.29, 0.717) is 18.7 Å². The minimum Gasteiger partial charge on any atom is -0.489 e. The van der Waals surface area contributed by atoms with Crippen LogP contribution in [0, 0.1) is 0 Å². The molecule has 0 spiro atoms. The van der Waals surface area contributed by atoms with E-state index in [1.54, 1.807) is 18.4 Å². The number of benzene rings is 2. The summed E-state index contributed by atoms with van der Waals surface area (Å²) in [5.74, 6) is 1.61. The Balaban J connectivity index is 1.33. The molecule has 1 saturated heterocycles. The Labute approximate surface area is 171 Å². The van der Waals surface area contributed by atoms with Crippen molar-refractivity contribution in [2.75, 3.05) is 19.6 Å². The van der Waals surface area contributed by atoms with Gasteiger partial charge in [-0.05, 0) is 42.0 Å². The molecule has 1 aliphatic rings. The van der Waals surface area contributed by atoms with Crippen molar-refractivity contribution in [3.8, 4) is 5.75 Å². The summed E-state index contributed by atoms with van der Waals surface area (Å²) in [5.41, 5.74) is 1.74. The SMILES string of the molecule is O=C(NC[C@H](c1ccco1)[NH+]1CCCC1)c1ccc(OCc2ccccc2)cc1.